The molecule has 26 heavy (non-hydrogen) atoms. The smallest absolute Gasteiger partial charge is 0.386 e. The Hall–Kier alpha value is -1.34. The van der Waals surface area contributed by atoms with Crippen LogP contribution in [0.4, 0.5) is 17.6 Å². The van der Waals surface area contributed by atoms with Gasteiger partial charge in [0.25, 0.3) is 0 Å². The summed E-state index contributed by atoms with van der Waals surface area (Å²) in [5, 5.41) is 0. The van der Waals surface area contributed by atoms with Gasteiger partial charge in [-0.2, -0.15) is 13.2 Å². The fourth-order valence-electron chi connectivity index (χ4n) is 3.11. The Bertz CT molecular complexity index is 572. The Balaban J connectivity index is 1.96. The lowest BCUT2D eigenvalue weighted by Crippen LogP contribution is -2.31. The van der Waals surface area contributed by atoms with Gasteiger partial charge in [0.15, 0.2) is 11.6 Å². The number of ether oxygens (including phenoxy) is 3. The summed E-state index contributed by atoms with van der Waals surface area (Å²) in [6, 6.07) is 1.81. The van der Waals surface area contributed by atoms with Gasteiger partial charge < -0.3 is 14.2 Å². The minimum atomic E-state index is -3.90. The van der Waals surface area contributed by atoms with Crippen molar-refractivity contribution in [1.82, 2.24) is 0 Å². The molecule has 0 bridgehead atoms. The molecule has 0 amide bonds. The largest absolute Gasteiger partial charge is 0.491 e. The zero-order chi connectivity index (χ0) is 19.2. The fourth-order valence-corrected chi connectivity index (χ4v) is 3.11. The van der Waals surface area contributed by atoms with Gasteiger partial charge in [0, 0.05) is 13.2 Å². The van der Waals surface area contributed by atoms with E-state index in [0.717, 1.165) is 18.6 Å². The van der Waals surface area contributed by atoms with Crippen LogP contribution in [0, 0.1) is 17.6 Å². The average Bonchev–Trinajstić information content (AvgIpc) is 2.60. The molecule has 0 aliphatic heterocycles. The van der Waals surface area contributed by atoms with Crippen LogP contribution in [0.1, 0.15) is 51.5 Å². The molecule has 0 saturated heterocycles. The van der Waals surface area contributed by atoms with Crippen molar-refractivity contribution in [1.29, 1.82) is 0 Å². The third-order valence-corrected chi connectivity index (χ3v) is 4.47. The van der Waals surface area contributed by atoms with E-state index in [9.17, 15) is 17.6 Å². The molecule has 3 nitrogen and oxygen atoms in total. The third kappa shape index (κ3) is 5.33. The second kappa shape index (κ2) is 9.55. The van der Waals surface area contributed by atoms with E-state index < -0.39 is 35.2 Å². The van der Waals surface area contributed by atoms with E-state index in [-0.39, 0.29) is 6.61 Å². The average molecular weight is 378 g/mol. The Morgan fingerprint density at radius 1 is 1.04 bits per heavy atom. The van der Waals surface area contributed by atoms with Crippen molar-refractivity contribution in [3.8, 4) is 5.75 Å². The number of hydrogen-bond donors (Lipinski definition) is 0. The Morgan fingerprint density at radius 3 is 2.35 bits per heavy atom. The molecule has 148 valence electrons. The molecule has 0 spiro atoms. The summed E-state index contributed by atoms with van der Waals surface area (Å²) < 4.78 is 71.8. The molecule has 2 rings (SSSR count). The first-order valence-electron chi connectivity index (χ1n) is 9.13. The molecular formula is C19H26F4O3. The standard InChI is InChI=1S/C19H26F4O3/c1-3-11-24-12-13-5-7-14(8-6-13)26-19(22,23)15-9-10-16(25-4-2)18(21)17(15)20/h9-10,13-14H,3-8,11-12H2,1-2H3. The molecule has 0 atom stereocenters. The molecule has 0 N–H and O–H groups in total. The Kier molecular flexibility index (Phi) is 7.70. The zero-order valence-electron chi connectivity index (χ0n) is 15.2. The Morgan fingerprint density at radius 2 is 1.73 bits per heavy atom. The fraction of sp³-hybridized carbons (Fsp3) is 0.684. The van der Waals surface area contributed by atoms with E-state index in [1.54, 1.807) is 6.92 Å². The van der Waals surface area contributed by atoms with E-state index in [4.69, 9.17) is 14.2 Å². The minimum Gasteiger partial charge on any atom is -0.491 e. The van der Waals surface area contributed by atoms with Crippen LogP contribution in [0.2, 0.25) is 0 Å². The van der Waals surface area contributed by atoms with Crippen molar-refractivity contribution < 1.29 is 31.8 Å². The Labute approximate surface area is 151 Å². The van der Waals surface area contributed by atoms with Gasteiger partial charge in [0.2, 0.25) is 5.82 Å². The van der Waals surface area contributed by atoms with Crippen LogP contribution in [0.15, 0.2) is 12.1 Å². The first-order valence-corrected chi connectivity index (χ1v) is 9.13. The summed E-state index contributed by atoms with van der Waals surface area (Å²) in [7, 11) is 0. The van der Waals surface area contributed by atoms with Crippen molar-refractivity contribution in [3.05, 3.63) is 29.3 Å². The highest BCUT2D eigenvalue weighted by Crippen LogP contribution is 2.38. The third-order valence-electron chi connectivity index (χ3n) is 4.47. The maximum absolute atomic E-state index is 14.4. The molecule has 0 unspecified atom stereocenters. The van der Waals surface area contributed by atoms with Gasteiger partial charge >= 0.3 is 6.11 Å². The number of alkyl halides is 2. The van der Waals surface area contributed by atoms with E-state index in [2.05, 4.69) is 0 Å². The number of rotatable bonds is 9. The SMILES string of the molecule is CCCOCC1CCC(OC(F)(F)c2ccc(OCC)c(F)c2F)CC1. The lowest BCUT2D eigenvalue weighted by Gasteiger charge is -2.31. The molecule has 1 aromatic carbocycles. The van der Waals surface area contributed by atoms with E-state index in [1.165, 1.54) is 0 Å². The van der Waals surface area contributed by atoms with Gasteiger partial charge in [0.05, 0.1) is 18.3 Å². The molecule has 0 radical (unpaired) electrons. The van der Waals surface area contributed by atoms with Crippen molar-refractivity contribution in [2.45, 2.75) is 58.2 Å². The van der Waals surface area contributed by atoms with Crippen LogP contribution >= 0.6 is 0 Å². The second-order valence-electron chi connectivity index (χ2n) is 6.52. The molecule has 0 aromatic heterocycles. The molecular weight excluding hydrogens is 352 g/mol. The van der Waals surface area contributed by atoms with Gasteiger partial charge in [-0.15, -0.1) is 0 Å². The molecule has 1 aliphatic carbocycles. The molecule has 1 fully saturated rings. The molecule has 1 aliphatic rings. The van der Waals surface area contributed by atoms with Gasteiger partial charge in [-0.1, -0.05) is 6.92 Å². The lowest BCUT2D eigenvalue weighted by atomic mass is 9.88. The normalized spacial score (nSPS) is 21.0. The van der Waals surface area contributed by atoms with E-state index in [1.807, 2.05) is 6.92 Å². The predicted octanol–water partition coefficient (Wildman–Crippen LogP) is 5.41. The van der Waals surface area contributed by atoms with E-state index in [0.29, 0.717) is 44.8 Å². The van der Waals surface area contributed by atoms with Crippen LogP contribution in [0.5, 0.6) is 5.75 Å². The summed E-state index contributed by atoms with van der Waals surface area (Å²) in [4.78, 5) is 0. The summed E-state index contributed by atoms with van der Waals surface area (Å²) in [6.45, 7) is 5.03. The summed E-state index contributed by atoms with van der Waals surface area (Å²) in [6.07, 6.45) is -1.34. The van der Waals surface area contributed by atoms with Crippen molar-refractivity contribution in [2.24, 2.45) is 5.92 Å². The number of hydrogen-bond acceptors (Lipinski definition) is 3. The van der Waals surface area contributed by atoms with E-state index >= 15 is 0 Å². The summed E-state index contributed by atoms with van der Waals surface area (Å²) in [5.74, 6) is -3.13. The monoisotopic (exact) mass is 378 g/mol. The molecule has 7 heteroatoms. The van der Waals surface area contributed by atoms with Crippen LogP contribution in [0.3, 0.4) is 0 Å². The summed E-state index contributed by atoms with van der Waals surface area (Å²) in [5.41, 5.74) is -1.10. The quantitative estimate of drug-likeness (QED) is 0.424. The molecule has 0 heterocycles. The van der Waals surface area contributed by atoms with Crippen LogP contribution < -0.4 is 4.74 Å². The van der Waals surface area contributed by atoms with Gasteiger partial charge in [-0.05, 0) is 57.1 Å². The highest BCUT2D eigenvalue weighted by molar-refractivity contribution is 5.32. The highest BCUT2D eigenvalue weighted by Gasteiger charge is 2.41. The minimum absolute atomic E-state index is 0.105. The van der Waals surface area contributed by atoms with Crippen molar-refractivity contribution in [3.63, 3.8) is 0 Å². The maximum Gasteiger partial charge on any atom is 0.386 e. The van der Waals surface area contributed by atoms with Crippen LogP contribution in [-0.4, -0.2) is 25.9 Å². The van der Waals surface area contributed by atoms with Crippen molar-refractivity contribution in [2.75, 3.05) is 19.8 Å². The number of benzene rings is 1. The summed E-state index contributed by atoms with van der Waals surface area (Å²) >= 11 is 0. The van der Waals surface area contributed by atoms with Crippen LogP contribution in [0.25, 0.3) is 0 Å². The zero-order valence-corrected chi connectivity index (χ0v) is 15.2. The van der Waals surface area contributed by atoms with Gasteiger partial charge in [-0.3, -0.25) is 0 Å². The number of halogens is 4. The van der Waals surface area contributed by atoms with Crippen LogP contribution in [-0.2, 0) is 15.6 Å². The van der Waals surface area contributed by atoms with Gasteiger partial charge in [0.1, 0.15) is 0 Å². The lowest BCUT2D eigenvalue weighted by molar-refractivity contribution is -0.279. The molecule has 1 saturated carbocycles. The topological polar surface area (TPSA) is 27.7 Å². The van der Waals surface area contributed by atoms with Crippen molar-refractivity contribution >= 4 is 0 Å². The predicted molar refractivity (Wildman–Crippen MR) is 89.4 cm³/mol. The highest BCUT2D eigenvalue weighted by atomic mass is 19.3. The molecule has 1 aromatic rings. The first-order chi connectivity index (χ1) is 12.4. The maximum atomic E-state index is 14.4. The first kappa shape index (κ1) is 21.0. The second-order valence-corrected chi connectivity index (χ2v) is 6.52. The van der Waals surface area contributed by atoms with Gasteiger partial charge in [-0.25, -0.2) is 4.39 Å².